The Hall–Kier alpha value is -7.81. The van der Waals surface area contributed by atoms with Gasteiger partial charge >= 0.3 is 17.9 Å². The van der Waals surface area contributed by atoms with E-state index >= 15 is 0 Å². The van der Waals surface area contributed by atoms with E-state index in [1.807, 2.05) is 0 Å². The van der Waals surface area contributed by atoms with Gasteiger partial charge in [0.25, 0.3) is 30.4 Å². The van der Waals surface area contributed by atoms with E-state index in [0.717, 1.165) is 47.4 Å². The third kappa shape index (κ3) is 19.4. The van der Waals surface area contributed by atoms with Gasteiger partial charge in [0, 0.05) is 27.7 Å². The van der Waals surface area contributed by atoms with Gasteiger partial charge in [-0.3, -0.25) is 33.3 Å². The molecule has 14 N–H and O–H groups in total. The summed E-state index contributed by atoms with van der Waals surface area (Å²) in [5.41, 5.74) is -0.806. The van der Waals surface area contributed by atoms with E-state index in [4.69, 9.17) is 21.0 Å². The number of rotatable bonds is 33. The summed E-state index contributed by atoms with van der Waals surface area (Å²) in [5.74, 6) is -7.55. The van der Waals surface area contributed by atoms with Gasteiger partial charge in [-0.15, -0.1) is 13.0 Å². The predicted molar refractivity (Wildman–Crippen MR) is 285 cm³/mol. The maximum atomic E-state index is 13.0. The van der Waals surface area contributed by atoms with Crippen LogP contribution < -0.4 is 31.1 Å². The van der Waals surface area contributed by atoms with Crippen LogP contribution in [0.5, 0.6) is 0 Å². The molecule has 2 aromatic heterocycles. The van der Waals surface area contributed by atoms with Crippen LogP contribution in [-0.4, -0.2) is 156 Å². The zero-order valence-electron chi connectivity index (χ0n) is 41.1. The Morgan fingerprint density at radius 3 is 1.52 bits per heavy atom. The Morgan fingerprint density at radius 1 is 0.500 bits per heavy atom. The van der Waals surface area contributed by atoms with Crippen molar-refractivity contribution >= 4 is 155 Å². The SMILES string of the molecule is O=C(O)CN(CCOO)c1nc(Nc2ccc(C=Cc3ccc(Nc4nc(Nc5cc(SOOO)ccc5S(=O)(=O)O)nc(N(CC(=O)O)CC(=O)O)n4)cc3SOOO)c(S(=O)(=O)O)c2)nc(Nc2cc(S(=O)(=O)O)ccc2SOOO)n1. The molecule has 0 saturated heterocycles. The highest BCUT2D eigenvalue weighted by atomic mass is 32.2. The van der Waals surface area contributed by atoms with E-state index in [-0.39, 0.29) is 49.4 Å². The second-order valence-corrected chi connectivity index (χ2v) is 22.1. The zero-order valence-corrected chi connectivity index (χ0v) is 46.0. The highest BCUT2D eigenvalue weighted by Gasteiger charge is 2.25. The van der Waals surface area contributed by atoms with E-state index in [1.54, 1.807) is 0 Å². The molecule has 0 saturated carbocycles. The minimum atomic E-state index is -5.13. The van der Waals surface area contributed by atoms with Gasteiger partial charge in [-0.1, -0.05) is 39.4 Å². The number of carbonyl (C=O) groups is 3. The van der Waals surface area contributed by atoms with Gasteiger partial charge in [-0.2, -0.15) is 55.2 Å². The highest BCUT2D eigenvalue weighted by Crippen LogP contribution is 2.36. The summed E-state index contributed by atoms with van der Waals surface area (Å²) in [6, 6.07) is 13.4. The third-order valence-corrected chi connectivity index (χ3v) is 14.5. The van der Waals surface area contributed by atoms with E-state index in [9.17, 15) is 68.6 Å². The average molecular weight is 1300 g/mol. The van der Waals surface area contributed by atoms with E-state index < -0.39 is 131 Å². The van der Waals surface area contributed by atoms with Gasteiger partial charge in [-0.25, -0.2) is 20.7 Å². The van der Waals surface area contributed by atoms with Crippen molar-refractivity contribution in [1.29, 1.82) is 0 Å². The summed E-state index contributed by atoms with van der Waals surface area (Å²) in [5, 5.41) is 85.8. The van der Waals surface area contributed by atoms with Crippen molar-refractivity contribution in [3.05, 3.63) is 83.9 Å². The van der Waals surface area contributed by atoms with Crippen molar-refractivity contribution in [3.8, 4) is 0 Å². The second-order valence-electron chi connectivity index (χ2n) is 15.6. The summed E-state index contributed by atoms with van der Waals surface area (Å²) >= 11 is 1.08. The third-order valence-electron chi connectivity index (χ3n) is 9.94. The molecule has 0 amide bonds. The number of nitrogens with one attached hydrogen (secondary N) is 4. The standard InChI is InChI=1S/C40H38N12O26S6/c53-32(54)17-51(11-12-72-59)39-47-36(45-37(49-39)43-26-16-25(82(63,64)65)8-9-28(26)80-77-74-61)42-23-6-4-21(31(14-23)84(69,70)71)2-1-20-3-5-22(13-29(20)81-78-75-62)41-35-46-38(50-40(48-35)52(18-33(55)56)19-34(57)58)44-27-15-24(79-76-73-60)7-10-30(27)83(66,67)68/h1-10,13-16,59-62H,11-12,17-19H2,(H,53,54)(H,55,56)(H,57,58)(H,63,64,65)(H,66,67,68)(H,69,70,71)(H2,41,44,46,48,50)(H2,42,43,45,47,49). The van der Waals surface area contributed by atoms with Crippen LogP contribution in [0.2, 0.25) is 0 Å². The molecular formula is C40H38N12O26S6. The van der Waals surface area contributed by atoms with Crippen molar-refractivity contribution in [3.63, 3.8) is 0 Å². The maximum absolute atomic E-state index is 13.0. The Bertz CT molecular complexity index is 3750. The first-order valence-corrected chi connectivity index (χ1v) is 28.4. The van der Waals surface area contributed by atoms with Gasteiger partial charge < -0.3 is 46.4 Å². The number of hydrogen-bond donors (Lipinski definition) is 14. The van der Waals surface area contributed by atoms with Crippen molar-refractivity contribution in [2.24, 2.45) is 0 Å². The van der Waals surface area contributed by atoms with E-state index in [2.05, 4.69) is 84.2 Å². The fraction of sp³-hybridized carbons (Fsp3) is 0.125. The molecular weight excluding hydrogens is 1260 g/mol. The first-order valence-electron chi connectivity index (χ1n) is 21.9. The number of carboxylic acid groups (broad SMARTS) is 3. The normalized spacial score (nSPS) is 11.8. The monoisotopic (exact) mass is 1290 g/mol. The molecule has 0 bridgehead atoms. The van der Waals surface area contributed by atoms with E-state index in [1.165, 1.54) is 42.5 Å². The lowest BCUT2D eigenvalue weighted by molar-refractivity contribution is -0.432. The van der Waals surface area contributed by atoms with Crippen molar-refractivity contribution in [1.82, 2.24) is 29.9 Å². The maximum Gasteiger partial charge on any atom is 0.323 e. The largest absolute Gasteiger partial charge is 0.480 e. The van der Waals surface area contributed by atoms with Crippen molar-refractivity contribution in [2.75, 3.05) is 63.9 Å². The topological polar surface area (TPSA) is 552 Å². The first-order chi connectivity index (χ1) is 39.8. The van der Waals surface area contributed by atoms with Crippen LogP contribution in [-0.2, 0) is 77.7 Å². The van der Waals surface area contributed by atoms with Gasteiger partial charge in [0.2, 0.25) is 35.7 Å². The van der Waals surface area contributed by atoms with Gasteiger partial charge in [0.15, 0.2) is 0 Å². The summed E-state index contributed by atoms with van der Waals surface area (Å²) in [4.78, 5) is 64.1. The van der Waals surface area contributed by atoms with Crippen molar-refractivity contribution in [2.45, 2.75) is 29.4 Å². The Morgan fingerprint density at radius 2 is 0.988 bits per heavy atom. The fourth-order valence-electron chi connectivity index (χ4n) is 6.68. The lowest BCUT2D eigenvalue weighted by Crippen LogP contribution is -2.36. The minimum absolute atomic E-state index is 0.0246. The molecule has 0 aliphatic heterocycles. The number of carboxylic acids is 3. The smallest absolute Gasteiger partial charge is 0.323 e. The first kappa shape index (κ1) is 65.3. The van der Waals surface area contributed by atoms with Crippen LogP contribution in [0.25, 0.3) is 12.2 Å². The molecule has 44 heteroatoms. The van der Waals surface area contributed by atoms with E-state index in [0.29, 0.717) is 41.0 Å². The zero-order chi connectivity index (χ0) is 61.4. The van der Waals surface area contributed by atoms with Crippen LogP contribution in [0.15, 0.2) is 102 Å². The van der Waals surface area contributed by atoms with Crippen LogP contribution in [0, 0.1) is 0 Å². The molecule has 0 atom stereocenters. The Kier molecular flexibility index (Phi) is 23.0. The van der Waals surface area contributed by atoms with Gasteiger partial charge in [-0.05, 0) is 71.8 Å². The molecule has 4 aromatic carbocycles. The predicted octanol–water partition coefficient (Wildman–Crippen LogP) is 4.58. The van der Waals surface area contributed by atoms with Crippen LogP contribution in [0.3, 0.4) is 0 Å². The quantitative estimate of drug-likeness (QED) is 0.00881. The summed E-state index contributed by atoms with van der Waals surface area (Å²) in [7, 11) is -15.0. The molecule has 2 heterocycles. The Balaban J connectivity index is 1.37. The van der Waals surface area contributed by atoms with Gasteiger partial charge in [0.05, 0.1) is 63.9 Å². The molecule has 0 radical (unpaired) electrons. The molecule has 0 fully saturated rings. The molecule has 6 rings (SSSR count). The molecule has 38 nitrogen and oxygen atoms in total. The lowest BCUT2D eigenvalue weighted by Gasteiger charge is -2.21. The molecule has 84 heavy (non-hydrogen) atoms. The Labute approximate surface area is 482 Å². The summed E-state index contributed by atoms with van der Waals surface area (Å²) < 4.78 is 118. The van der Waals surface area contributed by atoms with Crippen LogP contribution in [0.1, 0.15) is 11.1 Å². The molecule has 450 valence electrons. The van der Waals surface area contributed by atoms with Crippen LogP contribution >= 0.6 is 36.1 Å². The number of benzene rings is 4. The minimum Gasteiger partial charge on any atom is -0.480 e. The van der Waals surface area contributed by atoms with Crippen LogP contribution in [0.4, 0.5) is 58.4 Å². The molecule has 6 aromatic rings. The number of aliphatic carboxylic acids is 3. The molecule has 0 aliphatic rings. The summed E-state index contributed by atoms with van der Waals surface area (Å²) in [6.07, 6.45) is 2.49. The second kappa shape index (κ2) is 29.6. The van der Waals surface area contributed by atoms with Gasteiger partial charge in [0.1, 0.15) is 29.4 Å². The number of anilines is 10. The molecule has 0 unspecified atom stereocenters. The van der Waals surface area contributed by atoms with Crippen molar-refractivity contribution < 1.29 is 123 Å². The molecule has 0 aliphatic carbocycles. The molecule has 0 spiro atoms. The highest BCUT2D eigenvalue weighted by molar-refractivity contribution is 7.95. The number of aromatic nitrogens is 6. The fourth-order valence-corrected chi connectivity index (χ4v) is 9.86. The average Bonchev–Trinajstić information content (AvgIpc) is 3.39. The number of nitrogens with zero attached hydrogens (tertiary/aromatic N) is 8. The lowest BCUT2D eigenvalue weighted by atomic mass is 10.1. The summed E-state index contributed by atoms with van der Waals surface area (Å²) in [6.45, 7) is -3.66. The number of hydrogen-bond acceptors (Lipinski definition) is 35.